The van der Waals surface area contributed by atoms with Gasteiger partial charge in [0.2, 0.25) is 5.12 Å². The van der Waals surface area contributed by atoms with E-state index in [1.807, 2.05) is 0 Å². The Balaban J connectivity index is 1.80. The zero-order valence-corrected chi connectivity index (χ0v) is 18.8. The lowest BCUT2D eigenvalue weighted by Crippen LogP contribution is -2.80. The topological polar surface area (TPSA) is 101 Å². The van der Waals surface area contributed by atoms with Crippen molar-refractivity contribution in [2.24, 2.45) is 0 Å². The normalized spacial score (nSPS) is 21.5. The molecule has 0 aromatic heterocycles. The van der Waals surface area contributed by atoms with E-state index in [9.17, 15) is 24.0 Å². The van der Waals surface area contributed by atoms with E-state index >= 15 is 0 Å². The van der Waals surface area contributed by atoms with Crippen LogP contribution in [0.2, 0.25) is 0 Å². The predicted octanol–water partition coefficient (Wildman–Crippen LogP) is 2.51. The lowest BCUT2D eigenvalue weighted by Gasteiger charge is -2.57. The first kappa shape index (κ1) is 22.5. The summed E-state index contributed by atoms with van der Waals surface area (Å²) in [6.45, 7) is 4.99. The second-order valence-corrected chi connectivity index (χ2v) is 8.72. The number of carbonyl (C=O) groups is 5. The summed E-state index contributed by atoms with van der Waals surface area (Å²) in [7, 11) is 1.18. The molecule has 8 nitrogen and oxygen atoms in total. The van der Waals surface area contributed by atoms with Crippen LogP contribution < -0.4 is 0 Å². The van der Waals surface area contributed by atoms with Crippen molar-refractivity contribution >= 4 is 40.6 Å². The number of esters is 1. The molecule has 4 rings (SSSR count). The molecule has 9 heteroatoms. The fourth-order valence-electron chi connectivity index (χ4n) is 4.14. The molecular weight excluding hydrogens is 444 g/mol. The van der Waals surface area contributed by atoms with Gasteiger partial charge in [0.05, 0.1) is 18.2 Å². The van der Waals surface area contributed by atoms with Crippen molar-refractivity contribution in [3.8, 4) is 0 Å². The van der Waals surface area contributed by atoms with E-state index in [-0.39, 0.29) is 21.8 Å². The van der Waals surface area contributed by atoms with Crippen molar-refractivity contribution in [2.45, 2.75) is 17.8 Å². The SMILES string of the molecule is C=C(C)C1(N2C(=O)c3ccccc3C2=O)C(=O)N(CC(=O)OC)C1SC(=O)c1ccccc1. The van der Waals surface area contributed by atoms with Crippen molar-refractivity contribution in [3.05, 3.63) is 83.4 Å². The number of benzene rings is 2. The molecule has 2 aromatic carbocycles. The maximum absolute atomic E-state index is 13.5. The molecule has 2 heterocycles. The van der Waals surface area contributed by atoms with Gasteiger partial charge in [-0.25, -0.2) is 0 Å². The van der Waals surface area contributed by atoms with E-state index in [1.165, 1.54) is 26.2 Å². The minimum atomic E-state index is -1.82. The quantitative estimate of drug-likeness (QED) is 0.280. The fraction of sp³-hybridized carbons (Fsp3) is 0.208. The molecule has 2 atom stereocenters. The van der Waals surface area contributed by atoms with Crippen molar-refractivity contribution < 1.29 is 28.7 Å². The summed E-state index contributed by atoms with van der Waals surface area (Å²) in [6.07, 6.45) is 0. The third-order valence-electron chi connectivity index (χ3n) is 5.78. The summed E-state index contributed by atoms with van der Waals surface area (Å²) in [6, 6.07) is 14.6. The maximum atomic E-state index is 13.5. The molecule has 1 fully saturated rings. The van der Waals surface area contributed by atoms with Crippen LogP contribution in [0.1, 0.15) is 38.0 Å². The van der Waals surface area contributed by atoms with Gasteiger partial charge in [0, 0.05) is 5.56 Å². The largest absolute Gasteiger partial charge is 0.468 e. The molecule has 0 radical (unpaired) electrons. The Bertz CT molecular complexity index is 1180. The highest BCUT2D eigenvalue weighted by Crippen LogP contribution is 2.50. The van der Waals surface area contributed by atoms with Crippen molar-refractivity contribution in [1.82, 2.24) is 9.80 Å². The first-order valence-corrected chi connectivity index (χ1v) is 10.9. The number of methoxy groups -OCH3 is 1. The van der Waals surface area contributed by atoms with E-state index in [2.05, 4.69) is 6.58 Å². The minimum Gasteiger partial charge on any atom is -0.468 e. The number of carbonyl (C=O) groups excluding carboxylic acids is 5. The Morgan fingerprint density at radius 1 is 1.00 bits per heavy atom. The summed E-state index contributed by atoms with van der Waals surface area (Å²) in [5.74, 6) is -2.67. The van der Waals surface area contributed by atoms with Crippen LogP contribution in [0.4, 0.5) is 0 Å². The summed E-state index contributed by atoms with van der Waals surface area (Å²) in [5.41, 5.74) is -0.906. The van der Waals surface area contributed by atoms with Gasteiger partial charge >= 0.3 is 5.97 Å². The molecular formula is C24H20N2O6S. The number of fused-ring (bicyclic) bond motifs is 1. The maximum Gasteiger partial charge on any atom is 0.325 e. The monoisotopic (exact) mass is 464 g/mol. The molecule has 2 unspecified atom stereocenters. The van der Waals surface area contributed by atoms with E-state index < -0.39 is 41.1 Å². The third kappa shape index (κ3) is 3.27. The number of imide groups is 1. The number of thioether (sulfide) groups is 1. The van der Waals surface area contributed by atoms with Crippen LogP contribution in [0.3, 0.4) is 0 Å². The lowest BCUT2D eigenvalue weighted by molar-refractivity contribution is -0.164. The lowest BCUT2D eigenvalue weighted by atomic mass is 9.79. The molecule has 0 bridgehead atoms. The van der Waals surface area contributed by atoms with Crippen LogP contribution in [0.15, 0.2) is 66.7 Å². The van der Waals surface area contributed by atoms with E-state index in [0.717, 1.165) is 21.6 Å². The Morgan fingerprint density at radius 3 is 2.06 bits per heavy atom. The van der Waals surface area contributed by atoms with Gasteiger partial charge in [0.25, 0.3) is 17.7 Å². The molecule has 2 aliphatic rings. The standard InChI is InChI=1S/C24H20N2O6S/c1-14(2)24(26-19(28)16-11-7-8-12-17(16)20(26)29)22(31)25(13-18(27)32-3)23(24)33-21(30)15-9-5-4-6-10-15/h4-12,23H,1,13H2,2-3H3. The highest BCUT2D eigenvalue weighted by molar-refractivity contribution is 8.14. The molecule has 0 aliphatic carbocycles. The van der Waals surface area contributed by atoms with Gasteiger partial charge in [-0.15, -0.1) is 0 Å². The number of nitrogens with zero attached hydrogens (tertiary/aromatic N) is 2. The number of rotatable bonds is 6. The van der Waals surface area contributed by atoms with Gasteiger partial charge < -0.3 is 9.64 Å². The Hall–Kier alpha value is -3.72. The van der Waals surface area contributed by atoms with Crippen molar-refractivity contribution in [2.75, 3.05) is 13.7 Å². The van der Waals surface area contributed by atoms with Crippen LogP contribution in [0, 0.1) is 0 Å². The molecule has 0 saturated carbocycles. The molecule has 0 spiro atoms. The smallest absolute Gasteiger partial charge is 0.325 e. The Morgan fingerprint density at radius 2 is 1.55 bits per heavy atom. The first-order valence-electron chi connectivity index (χ1n) is 10.0. The third-order valence-corrected chi connectivity index (χ3v) is 7.05. The van der Waals surface area contributed by atoms with E-state index in [1.54, 1.807) is 42.5 Å². The zero-order chi connectivity index (χ0) is 23.9. The molecule has 1 saturated heterocycles. The summed E-state index contributed by atoms with van der Waals surface area (Å²) in [4.78, 5) is 67.2. The van der Waals surface area contributed by atoms with Crippen LogP contribution in [0.5, 0.6) is 0 Å². The highest BCUT2D eigenvalue weighted by atomic mass is 32.2. The molecule has 0 N–H and O–H groups in total. The summed E-state index contributed by atoms with van der Waals surface area (Å²) >= 11 is 0.760. The number of ether oxygens (including phenoxy) is 1. The van der Waals surface area contributed by atoms with Gasteiger partial charge in [0.1, 0.15) is 11.9 Å². The summed E-state index contributed by atoms with van der Waals surface area (Å²) < 4.78 is 4.69. The number of amides is 3. The van der Waals surface area contributed by atoms with Crippen LogP contribution in [-0.4, -0.2) is 63.2 Å². The Labute approximate surface area is 194 Å². The summed E-state index contributed by atoms with van der Waals surface area (Å²) in [5, 5.41) is -1.44. The zero-order valence-electron chi connectivity index (χ0n) is 17.9. The number of likely N-dealkylation sites (tertiary alicyclic amines) is 1. The molecule has 2 aromatic rings. The highest BCUT2D eigenvalue weighted by Gasteiger charge is 2.70. The van der Waals surface area contributed by atoms with E-state index in [0.29, 0.717) is 5.56 Å². The average Bonchev–Trinajstić information content (AvgIpc) is 3.08. The molecule has 33 heavy (non-hydrogen) atoms. The van der Waals surface area contributed by atoms with Crippen LogP contribution in [0.25, 0.3) is 0 Å². The van der Waals surface area contributed by atoms with Crippen LogP contribution >= 0.6 is 11.8 Å². The number of hydrogen-bond acceptors (Lipinski definition) is 7. The molecule has 3 amide bonds. The van der Waals surface area contributed by atoms with Crippen LogP contribution in [-0.2, 0) is 14.3 Å². The fourth-order valence-corrected chi connectivity index (χ4v) is 5.49. The number of β-lactam (4-membered cyclic amide) rings is 1. The first-order chi connectivity index (χ1) is 15.7. The second-order valence-electron chi connectivity index (χ2n) is 7.67. The Kier molecular flexibility index (Phi) is 5.67. The van der Waals surface area contributed by atoms with Crippen molar-refractivity contribution in [1.29, 1.82) is 0 Å². The van der Waals surface area contributed by atoms with Gasteiger partial charge in [-0.1, -0.05) is 60.8 Å². The molecule has 168 valence electrons. The minimum absolute atomic E-state index is 0.167. The van der Waals surface area contributed by atoms with Gasteiger partial charge in [0.15, 0.2) is 5.54 Å². The number of hydrogen-bond donors (Lipinski definition) is 0. The van der Waals surface area contributed by atoms with Crippen molar-refractivity contribution in [3.63, 3.8) is 0 Å². The average molecular weight is 464 g/mol. The van der Waals surface area contributed by atoms with Gasteiger partial charge in [-0.2, -0.15) is 0 Å². The van der Waals surface area contributed by atoms with Gasteiger partial charge in [-0.05, 0) is 24.6 Å². The van der Waals surface area contributed by atoms with Gasteiger partial charge in [-0.3, -0.25) is 28.9 Å². The van der Waals surface area contributed by atoms with E-state index in [4.69, 9.17) is 4.74 Å². The second kappa shape index (κ2) is 8.32. The molecule has 2 aliphatic heterocycles. The predicted molar refractivity (Wildman–Crippen MR) is 120 cm³/mol.